The zero-order chi connectivity index (χ0) is 22.1. The number of carbonyl (C=O) groups is 1. The summed E-state index contributed by atoms with van der Waals surface area (Å²) in [5.74, 6) is 0.323. The summed E-state index contributed by atoms with van der Waals surface area (Å²) in [7, 11) is 0. The molecule has 5 rings (SSSR count). The maximum absolute atomic E-state index is 13.5. The summed E-state index contributed by atoms with van der Waals surface area (Å²) in [6.45, 7) is 3.31. The molecule has 168 valence electrons. The van der Waals surface area contributed by atoms with Crippen LogP contribution >= 0.6 is 0 Å². The lowest BCUT2D eigenvalue weighted by molar-refractivity contribution is 0.0838. The standard InChI is InChI=1S/C23H27FN6O2/c24-18-6-8-29(12-18)22-15-30-14-20(27-21(30)10-25-22)23(32)26-9-19(31)13-28-7-5-16-3-1-2-4-17(16)11-28/h1-4,10,14-15,18-19,31H,5-9,11-13H2,(H,26,32)/t18?,19-/m0/s1. The molecule has 2 N–H and O–H groups in total. The van der Waals surface area contributed by atoms with E-state index in [1.165, 1.54) is 11.1 Å². The number of amides is 1. The minimum Gasteiger partial charge on any atom is -0.390 e. The number of aliphatic hydroxyl groups is 1. The normalized spacial score (nSPS) is 19.8. The second-order valence-electron chi connectivity index (χ2n) is 8.59. The van der Waals surface area contributed by atoms with Gasteiger partial charge in [-0.15, -0.1) is 0 Å². The quantitative estimate of drug-likeness (QED) is 0.606. The van der Waals surface area contributed by atoms with E-state index < -0.39 is 12.3 Å². The van der Waals surface area contributed by atoms with E-state index in [-0.39, 0.29) is 18.1 Å². The third kappa shape index (κ3) is 4.44. The molecule has 1 saturated heterocycles. The number of alkyl halides is 1. The molecule has 4 heterocycles. The fourth-order valence-electron chi connectivity index (χ4n) is 4.46. The highest BCUT2D eigenvalue weighted by atomic mass is 19.1. The molecule has 1 unspecified atom stereocenters. The van der Waals surface area contributed by atoms with Crippen LogP contribution in [0.2, 0.25) is 0 Å². The molecule has 1 fully saturated rings. The SMILES string of the molecule is O=C(NC[C@H](O)CN1CCc2ccccc2C1)c1cn2cc(N3CCC(F)C3)ncc2n1. The molecular formula is C23H27FN6O2. The Kier molecular flexibility index (Phi) is 5.75. The van der Waals surface area contributed by atoms with Crippen molar-refractivity contribution in [2.75, 3.05) is 37.6 Å². The summed E-state index contributed by atoms with van der Waals surface area (Å²) in [6.07, 6.45) is 4.95. The van der Waals surface area contributed by atoms with E-state index in [1.807, 2.05) is 11.0 Å². The van der Waals surface area contributed by atoms with Crippen LogP contribution in [0.25, 0.3) is 5.65 Å². The van der Waals surface area contributed by atoms with E-state index in [0.29, 0.717) is 37.5 Å². The Bertz CT molecular complexity index is 1120. The number of fused-ring (bicyclic) bond motifs is 2. The summed E-state index contributed by atoms with van der Waals surface area (Å²) in [6, 6.07) is 8.37. The summed E-state index contributed by atoms with van der Waals surface area (Å²) in [5, 5.41) is 13.2. The molecule has 0 bridgehead atoms. The fourth-order valence-corrected chi connectivity index (χ4v) is 4.46. The number of β-amino-alcohol motifs (C(OH)–C–C–N with tert-alkyl or cyclic N) is 1. The molecule has 2 aliphatic rings. The van der Waals surface area contributed by atoms with E-state index in [0.717, 1.165) is 19.5 Å². The molecule has 9 heteroatoms. The Hall–Kier alpha value is -3.04. The van der Waals surface area contributed by atoms with Crippen molar-refractivity contribution in [1.29, 1.82) is 0 Å². The Morgan fingerprint density at radius 1 is 1.25 bits per heavy atom. The van der Waals surface area contributed by atoms with Crippen LogP contribution < -0.4 is 10.2 Å². The molecule has 0 saturated carbocycles. The lowest BCUT2D eigenvalue weighted by atomic mass is 10.00. The van der Waals surface area contributed by atoms with Gasteiger partial charge in [-0.25, -0.2) is 14.4 Å². The first-order valence-corrected chi connectivity index (χ1v) is 11.0. The maximum atomic E-state index is 13.5. The van der Waals surface area contributed by atoms with E-state index in [9.17, 15) is 14.3 Å². The largest absolute Gasteiger partial charge is 0.390 e. The highest BCUT2D eigenvalue weighted by Gasteiger charge is 2.24. The summed E-state index contributed by atoms with van der Waals surface area (Å²) < 4.78 is 15.2. The lowest BCUT2D eigenvalue weighted by Gasteiger charge is -2.30. The van der Waals surface area contributed by atoms with Crippen molar-refractivity contribution in [3.8, 4) is 0 Å². The summed E-state index contributed by atoms with van der Waals surface area (Å²) in [4.78, 5) is 25.3. The van der Waals surface area contributed by atoms with Crippen molar-refractivity contribution in [2.45, 2.75) is 31.7 Å². The van der Waals surface area contributed by atoms with Gasteiger partial charge in [0.15, 0.2) is 5.65 Å². The molecule has 2 aliphatic heterocycles. The number of anilines is 1. The number of carbonyl (C=O) groups excluding carboxylic acids is 1. The first kappa shape index (κ1) is 20.8. The van der Waals surface area contributed by atoms with Gasteiger partial charge in [0.25, 0.3) is 5.91 Å². The molecule has 1 aromatic carbocycles. The van der Waals surface area contributed by atoms with Gasteiger partial charge >= 0.3 is 0 Å². The molecule has 0 aliphatic carbocycles. The van der Waals surface area contributed by atoms with E-state index in [1.54, 1.807) is 23.0 Å². The van der Waals surface area contributed by atoms with Gasteiger partial charge in [-0.1, -0.05) is 24.3 Å². The number of nitrogens with one attached hydrogen (secondary N) is 1. The van der Waals surface area contributed by atoms with Crippen molar-refractivity contribution in [3.63, 3.8) is 0 Å². The summed E-state index contributed by atoms with van der Waals surface area (Å²) in [5.41, 5.74) is 3.46. The van der Waals surface area contributed by atoms with Gasteiger partial charge in [-0.05, 0) is 24.0 Å². The Labute approximate surface area is 185 Å². The fraction of sp³-hybridized carbons (Fsp3) is 0.435. The smallest absolute Gasteiger partial charge is 0.271 e. The number of benzene rings is 1. The van der Waals surface area contributed by atoms with Crippen LogP contribution in [0.4, 0.5) is 10.2 Å². The number of hydrogen-bond donors (Lipinski definition) is 2. The number of rotatable bonds is 6. The van der Waals surface area contributed by atoms with Crippen molar-refractivity contribution in [1.82, 2.24) is 24.6 Å². The number of nitrogens with zero attached hydrogens (tertiary/aromatic N) is 5. The van der Waals surface area contributed by atoms with E-state index in [4.69, 9.17) is 0 Å². The molecular weight excluding hydrogens is 411 g/mol. The Balaban J connectivity index is 1.16. The highest BCUT2D eigenvalue weighted by molar-refractivity contribution is 5.92. The van der Waals surface area contributed by atoms with Crippen LogP contribution in [-0.4, -0.2) is 75.3 Å². The average molecular weight is 439 g/mol. The molecule has 8 nitrogen and oxygen atoms in total. The van der Waals surface area contributed by atoms with Gasteiger partial charge in [-0.2, -0.15) is 0 Å². The first-order valence-electron chi connectivity index (χ1n) is 11.0. The molecule has 3 aromatic rings. The van der Waals surface area contributed by atoms with E-state index in [2.05, 4.69) is 38.4 Å². The molecule has 0 radical (unpaired) electrons. The number of halogens is 1. The minimum absolute atomic E-state index is 0.153. The van der Waals surface area contributed by atoms with Crippen molar-refractivity contribution in [2.24, 2.45) is 0 Å². The second-order valence-corrected chi connectivity index (χ2v) is 8.59. The van der Waals surface area contributed by atoms with Gasteiger partial charge in [0.1, 0.15) is 17.7 Å². The molecule has 0 spiro atoms. The second kappa shape index (κ2) is 8.84. The topological polar surface area (TPSA) is 86.0 Å². The Morgan fingerprint density at radius 2 is 2.09 bits per heavy atom. The number of hydrogen-bond acceptors (Lipinski definition) is 6. The predicted molar refractivity (Wildman–Crippen MR) is 118 cm³/mol. The van der Waals surface area contributed by atoms with Crippen LogP contribution in [0, 0.1) is 0 Å². The van der Waals surface area contributed by atoms with Crippen LogP contribution in [0.1, 0.15) is 28.0 Å². The lowest BCUT2D eigenvalue weighted by Crippen LogP contribution is -2.42. The molecule has 1 amide bonds. The highest BCUT2D eigenvalue weighted by Crippen LogP contribution is 2.20. The van der Waals surface area contributed by atoms with Gasteiger partial charge in [0.2, 0.25) is 0 Å². The third-order valence-corrected chi connectivity index (χ3v) is 6.19. The number of imidazole rings is 1. The average Bonchev–Trinajstić information content (AvgIpc) is 3.43. The van der Waals surface area contributed by atoms with Crippen LogP contribution in [0.5, 0.6) is 0 Å². The molecule has 2 aromatic heterocycles. The first-order chi connectivity index (χ1) is 15.5. The number of aromatic nitrogens is 3. The van der Waals surface area contributed by atoms with Crippen molar-refractivity contribution in [3.05, 3.63) is 59.7 Å². The van der Waals surface area contributed by atoms with Crippen molar-refractivity contribution < 1.29 is 14.3 Å². The van der Waals surface area contributed by atoms with Gasteiger partial charge in [0, 0.05) is 38.9 Å². The zero-order valence-corrected chi connectivity index (χ0v) is 17.8. The molecule has 2 atom stereocenters. The van der Waals surface area contributed by atoms with Crippen LogP contribution in [-0.2, 0) is 13.0 Å². The van der Waals surface area contributed by atoms with Gasteiger partial charge in [-0.3, -0.25) is 9.69 Å². The van der Waals surface area contributed by atoms with Gasteiger partial charge < -0.3 is 19.7 Å². The van der Waals surface area contributed by atoms with Crippen LogP contribution in [0.3, 0.4) is 0 Å². The van der Waals surface area contributed by atoms with Crippen LogP contribution in [0.15, 0.2) is 42.9 Å². The zero-order valence-electron chi connectivity index (χ0n) is 17.8. The summed E-state index contributed by atoms with van der Waals surface area (Å²) >= 11 is 0. The monoisotopic (exact) mass is 438 g/mol. The number of aliphatic hydroxyl groups excluding tert-OH is 1. The molecule has 32 heavy (non-hydrogen) atoms. The Morgan fingerprint density at radius 3 is 2.91 bits per heavy atom. The minimum atomic E-state index is -0.831. The van der Waals surface area contributed by atoms with Gasteiger partial charge in [0.05, 0.1) is 25.0 Å². The predicted octanol–water partition coefficient (Wildman–Crippen LogP) is 1.43. The van der Waals surface area contributed by atoms with E-state index >= 15 is 0 Å². The van der Waals surface area contributed by atoms with Crippen molar-refractivity contribution >= 4 is 17.4 Å². The third-order valence-electron chi connectivity index (χ3n) is 6.19. The maximum Gasteiger partial charge on any atom is 0.271 e.